The molecule has 2 aliphatic rings. The summed E-state index contributed by atoms with van der Waals surface area (Å²) in [4.78, 5) is 8.85. The SMILES string of the molecule is C=C(O[O-])[n+]1ccc(/C=C2C=C(/C=C3\Sc4ccc(SOc5nncs5)cc4N3CC)CC(C)(C)C/2)c2cc(C)ccc21. The topological polar surface area (TPSA) is 74.4 Å². The van der Waals surface area contributed by atoms with E-state index >= 15 is 0 Å². The summed E-state index contributed by atoms with van der Waals surface area (Å²) < 4.78 is 7.43. The first-order valence-electron chi connectivity index (χ1n) is 14.0. The Balaban J connectivity index is 1.32. The fourth-order valence-electron chi connectivity index (χ4n) is 5.70. The Morgan fingerprint density at radius 1 is 1.19 bits per heavy atom. The van der Waals surface area contributed by atoms with Gasteiger partial charge in [-0.25, -0.2) is 0 Å². The molecule has 43 heavy (non-hydrogen) atoms. The van der Waals surface area contributed by atoms with Crippen molar-refractivity contribution >= 4 is 63.7 Å². The van der Waals surface area contributed by atoms with Gasteiger partial charge in [0.15, 0.2) is 6.20 Å². The van der Waals surface area contributed by atoms with E-state index in [-0.39, 0.29) is 11.3 Å². The minimum absolute atomic E-state index is 0.0475. The lowest BCUT2D eigenvalue weighted by Crippen LogP contribution is -2.35. The number of pyridine rings is 1. The Morgan fingerprint density at radius 2 is 2.05 bits per heavy atom. The minimum Gasteiger partial charge on any atom is -0.659 e. The average molecular weight is 629 g/mol. The zero-order chi connectivity index (χ0) is 30.1. The normalized spacial score (nSPS) is 17.8. The van der Waals surface area contributed by atoms with Gasteiger partial charge in [0, 0.05) is 30.2 Å². The molecule has 220 valence electrons. The van der Waals surface area contributed by atoms with Crippen molar-refractivity contribution in [3.05, 3.63) is 100 Å². The molecule has 0 atom stereocenters. The van der Waals surface area contributed by atoms with E-state index in [1.54, 1.807) is 10.1 Å². The van der Waals surface area contributed by atoms with Crippen LogP contribution in [0.5, 0.6) is 5.19 Å². The highest BCUT2D eigenvalue weighted by molar-refractivity contribution is 8.03. The van der Waals surface area contributed by atoms with Gasteiger partial charge < -0.3 is 19.2 Å². The van der Waals surface area contributed by atoms with Gasteiger partial charge in [-0.2, -0.15) is 0 Å². The fourth-order valence-corrected chi connectivity index (χ4v) is 7.91. The number of thioether (sulfide) groups is 1. The largest absolute Gasteiger partial charge is 0.659 e. The van der Waals surface area contributed by atoms with Crippen LogP contribution in [0.2, 0.25) is 0 Å². The first-order valence-corrected chi connectivity index (χ1v) is 16.4. The molecule has 0 unspecified atom stereocenters. The second-order valence-corrected chi connectivity index (χ2v) is 14.1. The van der Waals surface area contributed by atoms with Crippen molar-refractivity contribution in [1.82, 2.24) is 10.2 Å². The highest BCUT2D eigenvalue weighted by Crippen LogP contribution is 2.49. The van der Waals surface area contributed by atoms with Crippen molar-refractivity contribution in [3.8, 4) is 5.19 Å². The molecule has 1 aliphatic carbocycles. The summed E-state index contributed by atoms with van der Waals surface area (Å²) in [7, 11) is 0. The molecular formula is C33H32N4O3S3. The Labute approximate surface area is 264 Å². The molecule has 1 aliphatic heterocycles. The van der Waals surface area contributed by atoms with Crippen LogP contribution in [0.25, 0.3) is 22.9 Å². The first kappa shape index (κ1) is 29.5. The van der Waals surface area contributed by atoms with Gasteiger partial charge in [-0.1, -0.05) is 65.8 Å². The summed E-state index contributed by atoms with van der Waals surface area (Å²) in [5.74, 6) is 0.0475. The van der Waals surface area contributed by atoms with E-state index in [0.717, 1.165) is 46.3 Å². The van der Waals surface area contributed by atoms with Crippen molar-refractivity contribution in [2.45, 2.75) is 50.3 Å². The highest BCUT2D eigenvalue weighted by Gasteiger charge is 2.29. The Kier molecular flexibility index (Phi) is 8.37. The van der Waals surface area contributed by atoms with Crippen LogP contribution in [-0.2, 0) is 4.89 Å². The maximum atomic E-state index is 11.1. The predicted octanol–water partition coefficient (Wildman–Crippen LogP) is 7.70. The molecule has 2 aromatic heterocycles. The van der Waals surface area contributed by atoms with Crippen LogP contribution in [0.3, 0.4) is 0 Å². The third kappa shape index (κ3) is 6.38. The Morgan fingerprint density at radius 3 is 2.81 bits per heavy atom. The number of hydrogen-bond donors (Lipinski definition) is 0. The molecule has 4 aromatic rings. The van der Waals surface area contributed by atoms with Crippen molar-refractivity contribution < 1.29 is 18.9 Å². The van der Waals surface area contributed by atoms with Crippen LogP contribution in [-0.4, -0.2) is 16.7 Å². The van der Waals surface area contributed by atoms with E-state index in [9.17, 15) is 5.26 Å². The Hall–Kier alpha value is -3.57. The molecule has 0 radical (unpaired) electrons. The quantitative estimate of drug-likeness (QED) is 0.0646. The van der Waals surface area contributed by atoms with Crippen molar-refractivity contribution in [2.75, 3.05) is 11.4 Å². The van der Waals surface area contributed by atoms with Crippen LogP contribution in [0.4, 0.5) is 5.69 Å². The van der Waals surface area contributed by atoms with Crippen LogP contribution in [0.1, 0.15) is 44.7 Å². The van der Waals surface area contributed by atoms with Gasteiger partial charge in [0.1, 0.15) is 5.51 Å². The number of hydrogen-bond acceptors (Lipinski definition) is 9. The maximum absolute atomic E-state index is 11.1. The summed E-state index contributed by atoms with van der Waals surface area (Å²) >= 11 is 4.49. The molecule has 0 saturated heterocycles. The van der Waals surface area contributed by atoms with Crippen LogP contribution >= 0.6 is 35.1 Å². The van der Waals surface area contributed by atoms with Gasteiger partial charge in [0.2, 0.25) is 5.52 Å². The molecule has 0 saturated carbocycles. The van der Waals surface area contributed by atoms with Crippen LogP contribution < -0.4 is 18.9 Å². The van der Waals surface area contributed by atoms with Gasteiger partial charge in [0.05, 0.1) is 33.0 Å². The Bertz CT molecular complexity index is 1790. The van der Waals surface area contributed by atoms with Crippen molar-refractivity contribution in [3.63, 3.8) is 0 Å². The standard InChI is InChI=1S/C33H32N4O3S3/c1-6-36-29-17-26(43-40-32-35-34-20-41-32)8-10-30(29)42-31(36)16-24-14-23(18-33(4,5)19-24)15-25-11-12-37(22(3)39-38)28-9-7-21(2)13-27(25)28/h7-17,20H,3,6,18-19H2,1-2,4-5H3. The molecule has 2 aromatic carbocycles. The summed E-state index contributed by atoms with van der Waals surface area (Å²) in [5, 5.41) is 21.8. The summed E-state index contributed by atoms with van der Waals surface area (Å²) in [6.07, 6.45) is 10.8. The number of aromatic nitrogens is 3. The van der Waals surface area contributed by atoms with Crippen LogP contribution in [0, 0.1) is 12.3 Å². The number of benzene rings is 2. The molecule has 6 rings (SSSR count). The zero-order valence-electron chi connectivity index (χ0n) is 24.5. The molecule has 0 fully saturated rings. The van der Waals surface area contributed by atoms with Gasteiger partial charge in [-0.3, -0.25) is 0 Å². The smallest absolute Gasteiger partial charge is 0.360 e. The van der Waals surface area contributed by atoms with E-state index in [1.165, 1.54) is 50.1 Å². The number of fused-ring (bicyclic) bond motifs is 2. The number of rotatable bonds is 8. The second kappa shape index (κ2) is 12.2. The second-order valence-electron chi connectivity index (χ2n) is 11.4. The lowest BCUT2D eigenvalue weighted by atomic mass is 9.75. The van der Waals surface area contributed by atoms with E-state index in [0.29, 0.717) is 5.19 Å². The van der Waals surface area contributed by atoms with E-state index in [4.69, 9.17) is 4.18 Å². The third-order valence-electron chi connectivity index (χ3n) is 7.44. The summed E-state index contributed by atoms with van der Waals surface area (Å²) in [6, 6.07) is 14.7. The highest BCUT2D eigenvalue weighted by atomic mass is 32.2. The molecule has 0 spiro atoms. The molecule has 7 nitrogen and oxygen atoms in total. The lowest BCUT2D eigenvalue weighted by Gasteiger charge is -2.31. The third-order valence-corrected chi connectivity index (χ3v) is 9.92. The molecular weight excluding hydrogens is 597 g/mol. The minimum atomic E-state index is 0.0475. The number of anilines is 1. The number of nitrogens with zero attached hydrogens (tertiary/aromatic N) is 4. The first-order chi connectivity index (χ1) is 20.7. The maximum Gasteiger partial charge on any atom is 0.360 e. The fraction of sp³-hybridized carbons (Fsp3) is 0.242. The van der Waals surface area contributed by atoms with Crippen LogP contribution in [0.15, 0.2) is 98.9 Å². The van der Waals surface area contributed by atoms with Crippen molar-refractivity contribution in [2.24, 2.45) is 5.41 Å². The lowest BCUT2D eigenvalue weighted by molar-refractivity contribution is -0.718. The number of allylic oxidation sites excluding steroid dienone is 4. The van der Waals surface area contributed by atoms with Crippen molar-refractivity contribution in [1.29, 1.82) is 0 Å². The molecule has 0 bridgehead atoms. The monoisotopic (exact) mass is 628 g/mol. The number of aryl methyl sites for hydroxylation is 1. The van der Waals surface area contributed by atoms with Gasteiger partial charge in [-0.05, 0) is 79.2 Å². The molecule has 0 N–H and O–H groups in total. The van der Waals surface area contributed by atoms with E-state index in [1.807, 2.05) is 36.2 Å². The van der Waals surface area contributed by atoms with Gasteiger partial charge in [-0.15, -0.1) is 9.67 Å². The molecule has 3 heterocycles. The van der Waals surface area contributed by atoms with Gasteiger partial charge in [0.25, 0.3) is 0 Å². The average Bonchev–Trinajstić information content (AvgIpc) is 3.62. The summed E-state index contributed by atoms with van der Waals surface area (Å²) in [5.41, 5.74) is 8.68. The summed E-state index contributed by atoms with van der Waals surface area (Å²) in [6.45, 7) is 13.6. The zero-order valence-corrected chi connectivity index (χ0v) is 26.9. The van der Waals surface area contributed by atoms with E-state index < -0.39 is 0 Å². The van der Waals surface area contributed by atoms with E-state index in [2.05, 4.69) is 96.8 Å². The molecule has 0 amide bonds. The predicted molar refractivity (Wildman–Crippen MR) is 174 cm³/mol. The van der Waals surface area contributed by atoms with Gasteiger partial charge >= 0.3 is 11.1 Å². The molecule has 10 heteroatoms.